The number of hydrogen-bond acceptors (Lipinski definition) is 5. The number of unbranched alkanes of at least 4 members (excludes halogenated alkanes) is 2. The summed E-state index contributed by atoms with van der Waals surface area (Å²) >= 11 is 0. The minimum atomic E-state index is -0.173. The number of carbonyl (C=O) groups is 1. The van der Waals surface area contributed by atoms with Crippen molar-refractivity contribution in [3.63, 3.8) is 0 Å². The highest BCUT2D eigenvalue weighted by atomic mass is 16.5. The zero-order valence-electron chi connectivity index (χ0n) is 13.1. The van der Waals surface area contributed by atoms with Crippen molar-refractivity contribution >= 4 is 5.97 Å². The lowest BCUT2D eigenvalue weighted by molar-refractivity contribution is -0.141. The molecule has 5 heteroatoms. The largest absolute Gasteiger partial charge is 0.468 e. The van der Waals surface area contributed by atoms with Crippen molar-refractivity contribution in [3.8, 4) is 0 Å². The fourth-order valence-electron chi connectivity index (χ4n) is 1.80. The van der Waals surface area contributed by atoms with Gasteiger partial charge in [0.25, 0.3) is 0 Å². The van der Waals surface area contributed by atoms with Crippen molar-refractivity contribution in [1.29, 1.82) is 0 Å². The Morgan fingerprint density at radius 3 is 2.37 bits per heavy atom. The van der Waals surface area contributed by atoms with E-state index in [1.807, 2.05) is 11.9 Å². The van der Waals surface area contributed by atoms with E-state index in [2.05, 4.69) is 28.9 Å². The first kappa shape index (κ1) is 18.4. The van der Waals surface area contributed by atoms with E-state index in [4.69, 9.17) is 0 Å². The second-order valence-corrected chi connectivity index (χ2v) is 5.03. The van der Waals surface area contributed by atoms with Gasteiger partial charge in [-0.15, -0.1) is 0 Å². The molecule has 0 rings (SSSR count). The molecule has 114 valence electrons. The van der Waals surface area contributed by atoms with Crippen LogP contribution in [0.4, 0.5) is 0 Å². The zero-order valence-corrected chi connectivity index (χ0v) is 13.1. The van der Waals surface area contributed by atoms with Gasteiger partial charge in [-0.3, -0.25) is 9.69 Å². The summed E-state index contributed by atoms with van der Waals surface area (Å²) in [5.74, 6) is -0.173. The molecule has 5 nitrogen and oxygen atoms in total. The molecule has 0 fully saturated rings. The molecule has 19 heavy (non-hydrogen) atoms. The van der Waals surface area contributed by atoms with Gasteiger partial charge in [0.2, 0.25) is 0 Å². The van der Waals surface area contributed by atoms with Crippen LogP contribution in [-0.4, -0.2) is 76.2 Å². The quantitative estimate of drug-likeness (QED) is 0.421. The summed E-state index contributed by atoms with van der Waals surface area (Å²) in [4.78, 5) is 15.4. The number of likely N-dealkylation sites (N-methyl/N-ethyl adjacent to an activating group) is 2. The first-order valence-corrected chi connectivity index (χ1v) is 7.24. The fraction of sp³-hybridized carbons (Fsp3) is 0.929. The lowest BCUT2D eigenvalue weighted by atomic mass is 10.2. The van der Waals surface area contributed by atoms with Crippen molar-refractivity contribution in [2.24, 2.45) is 0 Å². The average molecular weight is 273 g/mol. The lowest BCUT2D eigenvalue weighted by Gasteiger charge is -2.21. The normalized spacial score (nSPS) is 11.3. The van der Waals surface area contributed by atoms with Gasteiger partial charge in [-0.1, -0.05) is 13.3 Å². The molecule has 0 unspecified atom stereocenters. The number of carbonyl (C=O) groups excluding carboxylic acids is 1. The van der Waals surface area contributed by atoms with Crippen LogP contribution in [0.2, 0.25) is 0 Å². The molecule has 0 aromatic heterocycles. The van der Waals surface area contributed by atoms with Crippen LogP contribution in [0.1, 0.15) is 26.2 Å². The van der Waals surface area contributed by atoms with Gasteiger partial charge in [-0.2, -0.15) is 0 Å². The Morgan fingerprint density at radius 2 is 1.74 bits per heavy atom. The number of esters is 1. The van der Waals surface area contributed by atoms with Gasteiger partial charge in [-0.25, -0.2) is 0 Å². The molecular weight excluding hydrogens is 242 g/mol. The molecule has 0 heterocycles. The number of nitrogens with zero attached hydrogens (tertiary/aromatic N) is 2. The SMILES string of the molecule is CCNCCCCCN(C)CCN(C)CC(=O)OC. The zero-order chi connectivity index (χ0) is 14.5. The van der Waals surface area contributed by atoms with Gasteiger partial charge < -0.3 is 15.0 Å². The minimum absolute atomic E-state index is 0.173. The minimum Gasteiger partial charge on any atom is -0.468 e. The monoisotopic (exact) mass is 273 g/mol. The van der Waals surface area contributed by atoms with Gasteiger partial charge in [0.1, 0.15) is 0 Å². The van der Waals surface area contributed by atoms with Crippen LogP contribution in [0.15, 0.2) is 0 Å². The highest BCUT2D eigenvalue weighted by molar-refractivity contribution is 5.71. The molecule has 0 spiro atoms. The van der Waals surface area contributed by atoms with Crippen LogP contribution in [0, 0.1) is 0 Å². The van der Waals surface area contributed by atoms with E-state index in [0.717, 1.165) is 32.7 Å². The van der Waals surface area contributed by atoms with Crippen LogP contribution in [0.3, 0.4) is 0 Å². The summed E-state index contributed by atoms with van der Waals surface area (Å²) < 4.78 is 4.64. The van der Waals surface area contributed by atoms with Gasteiger partial charge in [0.05, 0.1) is 13.7 Å². The van der Waals surface area contributed by atoms with Crippen molar-refractivity contribution in [1.82, 2.24) is 15.1 Å². The summed E-state index contributed by atoms with van der Waals surface area (Å²) in [6.45, 7) is 7.70. The predicted molar refractivity (Wildman–Crippen MR) is 79.4 cm³/mol. The van der Waals surface area contributed by atoms with Gasteiger partial charge in [-0.05, 0) is 46.6 Å². The Balaban J connectivity index is 3.43. The van der Waals surface area contributed by atoms with Crippen LogP contribution >= 0.6 is 0 Å². The standard InChI is InChI=1S/C14H31N3O2/c1-5-15-9-7-6-8-10-16(2)11-12-17(3)13-14(18)19-4/h15H,5-13H2,1-4H3. The molecule has 0 amide bonds. The smallest absolute Gasteiger partial charge is 0.319 e. The van der Waals surface area contributed by atoms with Crippen LogP contribution < -0.4 is 5.32 Å². The molecule has 0 aromatic carbocycles. The average Bonchev–Trinajstić information content (AvgIpc) is 2.40. The van der Waals surface area contributed by atoms with E-state index in [0.29, 0.717) is 6.54 Å². The molecule has 0 saturated carbocycles. The molecule has 0 aliphatic rings. The topological polar surface area (TPSA) is 44.8 Å². The van der Waals surface area contributed by atoms with E-state index >= 15 is 0 Å². The second-order valence-electron chi connectivity index (χ2n) is 5.03. The Kier molecular flexibility index (Phi) is 12.0. The van der Waals surface area contributed by atoms with E-state index in [-0.39, 0.29) is 5.97 Å². The molecule has 0 aliphatic carbocycles. The number of methoxy groups -OCH3 is 1. The Labute approximate surface area is 118 Å². The highest BCUT2D eigenvalue weighted by Crippen LogP contribution is 1.97. The van der Waals surface area contributed by atoms with Gasteiger partial charge >= 0.3 is 5.97 Å². The molecule has 0 saturated heterocycles. The third kappa shape index (κ3) is 12.1. The predicted octanol–water partition coefficient (Wildman–Crippen LogP) is 0.803. The van der Waals surface area contributed by atoms with E-state index < -0.39 is 0 Å². The number of ether oxygens (including phenoxy) is 1. The van der Waals surface area contributed by atoms with Crippen LogP contribution in [0.25, 0.3) is 0 Å². The Bertz CT molecular complexity index is 225. The number of rotatable bonds is 12. The molecule has 0 atom stereocenters. The summed E-state index contributed by atoms with van der Waals surface area (Å²) in [5, 5.41) is 3.34. The molecule has 0 radical (unpaired) electrons. The van der Waals surface area contributed by atoms with Crippen LogP contribution in [-0.2, 0) is 9.53 Å². The first-order valence-electron chi connectivity index (χ1n) is 7.24. The third-order valence-electron chi connectivity index (χ3n) is 3.13. The second kappa shape index (κ2) is 12.4. The number of hydrogen-bond donors (Lipinski definition) is 1. The van der Waals surface area contributed by atoms with E-state index in [9.17, 15) is 4.79 Å². The summed E-state index contributed by atoms with van der Waals surface area (Å²) in [7, 11) is 5.51. The van der Waals surface area contributed by atoms with Crippen molar-refractivity contribution < 1.29 is 9.53 Å². The molecule has 0 aliphatic heterocycles. The van der Waals surface area contributed by atoms with Crippen molar-refractivity contribution in [2.75, 3.05) is 60.5 Å². The summed E-state index contributed by atoms with van der Waals surface area (Å²) in [6.07, 6.45) is 3.77. The van der Waals surface area contributed by atoms with E-state index in [1.165, 1.54) is 26.4 Å². The van der Waals surface area contributed by atoms with Crippen LogP contribution in [0.5, 0.6) is 0 Å². The molecule has 1 N–H and O–H groups in total. The molecule has 0 aromatic rings. The maximum absolute atomic E-state index is 11.1. The van der Waals surface area contributed by atoms with Gasteiger partial charge in [0, 0.05) is 13.1 Å². The summed E-state index contributed by atoms with van der Waals surface area (Å²) in [5.41, 5.74) is 0. The maximum atomic E-state index is 11.1. The highest BCUT2D eigenvalue weighted by Gasteiger charge is 2.06. The fourth-order valence-corrected chi connectivity index (χ4v) is 1.80. The third-order valence-corrected chi connectivity index (χ3v) is 3.13. The van der Waals surface area contributed by atoms with Gasteiger partial charge in [0.15, 0.2) is 0 Å². The lowest BCUT2D eigenvalue weighted by Crippen LogP contribution is -2.34. The van der Waals surface area contributed by atoms with Crippen molar-refractivity contribution in [2.45, 2.75) is 26.2 Å². The van der Waals surface area contributed by atoms with Crippen molar-refractivity contribution in [3.05, 3.63) is 0 Å². The number of nitrogens with one attached hydrogen (secondary N) is 1. The molecule has 0 bridgehead atoms. The summed E-state index contributed by atoms with van der Waals surface area (Å²) in [6, 6.07) is 0. The Hall–Kier alpha value is -0.650. The maximum Gasteiger partial charge on any atom is 0.319 e. The molecular formula is C14H31N3O2. The first-order chi connectivity index (χ1) is 9.10. The van der Waals surface area contributed by atoms with E-state index in [1.54, 1.807) is 0 Å². The Morgan fingerprint density at radius 1 is 1.05 bits per heavy atom.